The Bertz CT molecular complexity index is 2150. The van der Waals surface area contributed by atoms with E-state index in [1.807, 2.05) is 12.7 Å². The lowest BCUT2D eigenvalue weighted by atomic mass is 9.98. The van der Waals surface area contributed by atoms with Crippen molar-refractivity contribution in [3.05, 3.63) is 163 Å². The first-order chi connectivity index (χ1) is 22.9. The number of hydrogen-bond donors (Lipinski definition) is 0. The third-order valence-electron chi connectivity index (χ3n) is 8.83. The van der Waals surface area contributed by atoms with Crippen molar-refractivity contribution in [2.24, 2.45) is 0 Å². The predicted octanol–water partition coefficient (Wildman–Crippen LogP) is 10.9. The fourth-order valence-corrected chi connectivity index (χ4v) is 6.53. The molecular weight excluding hydrogens is 574 g/mol. The van der Waals surface area contributed by atoms with Gasteiger partial charge < -0.3 is 14.0 Å². The second-order valence-corrected chi connectivity index (χ2v) is 12.5. The Labute approximate surface area is 277 Å². The summed E-state index contributed by atoms with van der Waals surface area (Å²) in [5.41, 5.74) is 14.6. The molecule has 0 bridgehead atoms. The molecule has 0 fully saturated rings. The highest BCUT2D eigenvalue weighted by atomic mass is 15.1. The van der Waals surface area contributed by atoms with Gasteiger partial charge in [-0.3, -0.25) is 0 Å². The van der Waals surface area contributed by atoms with Crippen LogP contribution in [0.4, 0.5) is 17.1 Å². The molecule has 0 saturated heterocycles. The Morgan fingerprint density at radius 2 is 0.979 bits per heavy atom. The van der Waals surface area contributed by atoms with Crippen LogP contribution in [-0.4, -0.2) is 19.1 Å². The van der Waals surface area contributed by atoms with Crippen LogP contribution in [0.5, 0.6) is 0 Å². The van der Waals surface area contributed by atoms with Crippen molar-refractivity contribution in [1.82, 2.24) is 19.1 Å². The molecule has 0 amide bonds. The molecule has 0 radical (unpaired) electrons. The molecular formula is C42H39N5. The zero-order chi connectivity index (χ0) is 32.5. The number of rotatable bonds is 8. The van der Waals surface area contributed by atoms with Gasteiger partial charge in [0, 0.05) is 40.6 Å². The minimum absolute atomic E-state index is 0.412. The number of anilines is 3. The predicted molar refractivity (Wildman–Crippen MR) is 195 cm³/mol. The van der Waals surface area contributed by atoms with Gasteiger partial charge in [0.15, 0.2) is 0 Å². The molecule has 5 nitrogen and oxygen atoms in total. The molecule has 0 atom stereocenters. The number of hydrogen-bond acceptors (Lipinski definition) is 3. The second-order valence-electron chi connectivity index (χ2n) is 12.5. The van der Waals surface area contributed by atoms with Crippen LogP contribution < -0.4 is 4.90 Å². The molecule has 0 unspecified atom stereocenters. The Hall–Kier alpha value is -5.68. The van der Waals surface area contributed by atoms with E-state index < -0.39 is 0 Å². The van der Waals surface area contributed by atoms with Gasteiger partial charge in [0.1, 0.15) is 0 Å². The van der Waals surface area contributed by atoms with Crippen molar-refractivity contribution >= 4 is 17.1 Å². The molecule has 0 saturated carbocycles. The monoisotopic (exact) mass is 613 g/mol. The van der Waals surface area contributed by atoms with E-state index in [2.05, 4.69) is 176 Å². The van der Waals surface area contributed by atoms with Crippen LogP contribution in [0.2, 0.25) is 0 Å². The Kier molecular flexibility index (Phi) is 8.05. The van der Waals surface area contributed by atoms with Crippen molar-refractivity contribution < 1.29 is 0 Å². The Morgan fingerprint density at radius 1 is 0.511 bits per heavy atom. The van der Waals surface area contributed by atoms with Crippen molar-refractivity contribution in [2.45, 2.75) is 40.5 Å². The van der Waals surface area contributed by atoms with Crippen LogP contribution in [0.25, 0.3) is 33.9 Å². The molecule has 0 aliphatic heterocycles. The van der Waals surface area contributed by atoms with Crippen LogP contribution in [0, 0.1) is 20.8 Å². The average Bonchev–Trinajstić information content (AvgIpc) is 3.77. The van der Waals surface area contributed by atoms with Gasteiger partial charge >= 0.3 is 0 Å². The fraction of sp³-hybridized carbons (Fsp3) is 0.143. The standard InChI is InChI=1S/C42H39N5/c1-29(2)38-22-10-15-32(5)42(38)46-26-40(44-28-46)34-17-12-21-37(24-34)47(35-18-7-6-8-19-35)36-20-11-16-33(23-36)39-25-45(27-43-39)41-30(3)13-9-14-31(41)4/h6-29H,1-5H3. The van der Waals surface area contributed by atoms with E-state index in [1.165, 1.54) is 33.6 Å². The first-order valence-corrected chi connectivity index (χ1v) is 16.2. The number of imidazole rings is 2. The summed E-state index contributed by atoms with van der Waals surface area (Å²) < 4.78 is 4.30. The van der Waals surface area contributed by atoms with Gasteiger partial charge in [-0.15, -0.1) is 0 Å². The van der Waals surface area contributed by atoms with Gasteiger partial charge in [0.25, 0.3) is 0 Å². The zero-order valence-electron chi connectivity index (χ0n) is 27.6. The minimum atomic E-state index is 0.412. The summed E-state index contributed by atoms with van der Waals surface area (Å²) in [6.45, 7) is 10.9. The van der Waals surface area contributed by atoms with Crippen molar-refractivity contribution in [3.63, 3.8) is 0 Å². The number of aromatic nitrogens is 4. The van der Waals surface area contributed by atoms with E-state index in [0.29, 0.717) is 5.92 Å². The van der Waals surface area contributed by atoms with Gasteiger partial charge in [-0.1, -0.05) is 92.7 Å². The lowest BCUT2D eigenvalue weighted by Crippen LogP contribution is -2.10. The van der Waals surface area contributed by atoms with Crippen LogP contribution in [-0.2, 0) is 0 Å². The summed E-state index contributed by atoms with van der Waals surface area (Å²) in [5.74, 6) is 0.412. The smallest absolute Gasteiger partial charge is 0.0999 e. The third-order valence-corrected chi connectivity index (χ3v) is 8.83. The topological polar surface area (TPSA) is 38.9 Å². The molecule has 5 aromatic carbocycles. The van der Waals surface area contributed by atoms with Gasteiger partial charge in [-0.05, 0) is 85.3 Å². The molecule has 0 aliphatic carbocycles. The first kappa shape index (κ1) is 30.0. The zero-order valence-corrected chi connectivity index (χ0v) is 27.6. The maximum atomic E-state index is 4.88. The normalized spacial score (nSPS) is 11.3. The summed E-state index contributed by atoms with van der Waals surface area (Å²) in [6.07, 6.45) is 8.12. The van der Waals surface area contributed by atoms with Crippen molar-refractivity contribution in [3.8, 4) is 33.9 Å². The van der Waals surface area contributed by atoms with E-state index in [1.54, 1.807) is 0 Å². The van der Waals surface area contributed by atoms with Gasteiger partial charge in [-0.25, -0.2) is 9.97 Å². The van der Waals surface area contributed by atoms with E-state index in [0.717, 1.165) is 39.6 Å². The first-order valence-electron chi connectivity index (χ1n) is 16.2. The van der Waals surface area contributed by atoms with Gasteiger partial charge in [-0.2, -0.15) is 0 Å². The summed E-state index contributed by atoms with van der Waals surface area (Å²) in [7, 11) is 0. The highest BCUT2D eigenvalue weighted by molar-refractivity contribution is 5.81. The van der Waals surface area contributed by atoms with Crippen molar-refractivity contribution in [1.29, 1.82) is 0 Å². The lowest BCUT2D eigenvalue weighted by Gasteiger charge is -2.26. The van der Waals surface area contributed by atoms with Crippen molar-refractivity contribution in [2.75, 3.05) is 4.90 Å². The second kappa shape index (κ2) is 12.6. The summed E-state index contributed by atoms with van der Waals surface area (Å²) >= 11 is 0. The highest BCUT2D eigenvalue weighted by Gasteiger charge is 2.17. The van der Waals surface area contributed by atoms with Gasteiger partial charge in [0.05, 0.1) is 35.4 Å². The third kappa shape index (κ3) is 5.88. The quantitative estimate of drug-likeness (QED) is 0.171. The molecule has 2 heterocycles. The van der Waals surface area contributed by atoms with Crippen LogP contribution in [0.1, 0.15) is 42.0 Å². The fourth-order valence-electron chi connectivity index (χ4n) is 6.53. The van der Waals surface area contributed by atoms with E-state index >= 15 is 0 Å². The summed E-state index contributed by atoms with van der Waals surface area (Å²) in [5, 5.41) is 0. The molecule has 2 aromatic heterocycles. The molecule has 0 N–H and O–H groups in total. The van der Waals surface area contributed by atoms with Crippen LogP contribution >= 0.6 is 0 Å². The lowest BCUT2D eigenvalue weighted by molar-refractivity contribution is 0.842. The van der Waals surface area contributed by atoms with E-state index in [4.69, 9.17) is 9.97 Å². The molecule has 5 heteroatoms. The number of nitrogens with zero attached hydrogens (tertiary/aromatic N) is 5. The molecule has 7 rings (SSSR count). The maximum Gasteiger partial charge on any atom is 0.0999 e. The number of para-hydroxylation sites is 3. The molecule has 0 spiro atoms. The van der Waals surface area contributed by atoms with Crippen LogP contribution in [0.15, 0.2) is 140 Å². The van der Waals surface area contributed by atoms with Gasteiger partial charge in [0.2, 0.25) is 0 Å². The highest BCUT2D eigenvalue weighted by Crippen LogP contribution is 2.38. The maximum absolute atomic E-state index is 4.88. The number of aryl methyl sites for hydroxylation is 3. The molecule has 232 valence electrons. The van der Waals surface area contributed by atoms with E-state index in [-0.39, 0.29) is 0 Å². The Balaban J connectivity index is 1.27. The minimum Gasteiger partial charge on any atom is -0.310 e. The molecule has 47 heavy (non-hydrogen) atoms. The van der Waals surface area contributed by atoms with Crippen LogP contribution in [0.3, 0.4) is 0 Å². The SMILES string of the molecule is Cc1cccc(C)c1-n1cnc(-c2cccc(N(c3ccccc3)c3cccc(-c4cn(-c5c(C)cccc5C(C)C)cn4)c3)c2)c1. The largest absolute Gasteiger partial charge is 0.310 e. The van der Waals surface area contributed by atoms with E-state index in [9.17, 15) is 0 Å². The summed E-state index contributed by atoms with van der Waals surface area (Å²) in [6, 6.07) is 40.7. The average molecular weight is 614 g/mol. The Morgan fingerprint density at radius 3 is 1.53 bits per heavy atom. The molecule has 0 aliphatic rings. The number of benzene rings is 5. The molecule has 7 aromatic rings. The summed E-state index contributed by atoms with van der Waals surface area (Å²) in [4.78, 5) is 12.0.